The Morgan fingerprint density at radius 3 is 2.29 bits per heavy atom. The van der Waals surface area contributed by atoms with Crippen LogP contribution in [0.3, 0.4) is 0 Å². The molecule has 35 heavy (non-hydrogen) atoms. The van der Waals surface area contributed by atoms with Gasteiger partial charge in [-0.2, -0.15) is 0 Å². The number of ether oxygens (including phenoxy) is 3. The molecule has 0 aliphatic heterocycles. The summed E-state index contributed by atoms with van der Waals surface area (Å²) in [6.45, 7) is 0.579. The van der Waals surface area contributed by atoms with E-state index in [1.54, 1.807) is 38.5 Å². The van der Waals surface area contributed by atoms with Crippen molar-refractivity contribution >= 4 is 23.4 Å². The van der Waals surface area contributed by atoms with Crippen molar-refractivity contribution in [2.24, 2.45) is 0 Å². The third-order valence-corrected chi connectivity index (χ3v) is 5.61. The summed E-state index contributed by atoms with van der Waals surface area (Å²) in [5.41, 5.74) is 1.52. The van der Waals surface area contributed by atoms with Gasteiger partial charge in [0.25, 0.3) is 5.91 Å². The first-order valence-electron chi connectivity index (χ1n) is 11.1. The Balaban J connectivity index is 1.92. The molecule has 0 heterocycles. The molecule has 0 radical (unpaired) electrons. The van der Waals surface area contributed by atoms with E-state index in [4.69, 9.17) is 25.8 Å². The lowest BCUT2D eigenvalue weighted by Gasteiger charge is -2.31. The van der Waals surface area contributed by atoms with Gasteiger partial charge >= 0.3 is 0 Å². The average molecular weight is 497 g/mol. The Labute approximate surface area is 210 Å². The van der Waals surface area contributed by atoms with E-state index in [0.717, 1.165) is 5.56 Å². The zero-order valence-corrected chi connectivity index (χ0v) is 20.5. The number of nitrogens with one attached hydrogen (secondary N) is 1. The summed E-state index contributed by atoms with van der Waals surface area (Å²) < 4.78 is 16.0. The number of halogens is 1. The fraction of sp³-hybridized carbons (Fsp3) is 0.259. The quantitative estimate of drug-likeness (QED) is 0.379. The second kappa shape index (κ2) is 13.4. The monoisotopic (exact) mass is 496 g/mol. The van der Waals surface area contributed by atoms with E-state index in [2.05, 4.69) is 5.32 Å². The molecule has 1 atom stereocenters. The van der Waals surface area contributed by atoms with Crippen molar-refractivity contribution in [3.8, 4) is 11.5 Å². The lowest BCUT2D eigenvalue weighted by molar-refractivity contribution is -0.143. The molecule has 0 saturated carbocycles. The summed E-state index contributed by atoms with van der Waals surface area (Å²) in [5.74, 6) is 0.419. The first kappa shape index (κ1) is 26.1. The number of rotatable bonds is 12. The second-order valence-electron chi connectivity index (χ2n) is 7.69. The highest BCUT2D eigenvalue weighted by Crippen LogP contribution is 2.26. The van der Waals surface area contributed by atoms with E-state index in [1.165, 1.54) is 4.90 Å². The van der Waals surface area contributed by atoms with Gasteiger partial charge in [0.1, 0.15) is 17.5 Å². The predicted octanol–water partition coefficient (Wildman–Crippen LogP) is 4.26. The van der Waals surface area contributed by atoms with Crippen LogP contribution in [0.4, 0.5) is 0 Å². The zero-order chi connectivity index (χ0) is 25.0. The van der Waals surface area contributed by atoms with Crippen molar-refractivity contribution in [3.63, 3.8) is 0 Å². The van der Waals surface area contributed by atoms with Crippen LogP contribution >= 0.6 is 11.6 Å². The number of carbonyl (C=O) groups is 2. The van der Waals surface area contributed by atoms with E-state index in [9.17, 15) is 9.59 Å². The van der Waals surface area contributed by atoms with Gasteiger partial charge in [0.15, 0.2) is 6.61 Å². The molecule has 1 N–H and O–H groups in total. The topological polar surface area (TPSA) is 77.1 Å². The van der Waals surface area contributed by atoms with E-state index in [1.807, 2.05) is 54.6 Å². The molecule has 3 aromatic rings. The van der Waals surface area contributed by atoms with Crippen LogP contribution in [0.5, 0.6) is 11.5 Å². The Morgan fingerprint density at radius 1 is 0.943 bits per heavy atom. The van der Waals surface area contributed by atoms with Crippen molar-refractivity contribution in [1.29, 1.82) is 0 Å². The van der Waals surface area contributed by atoms with Crippen LogP contribution in [-0.4, -0.2) is 50.7 Å². The van der Waals surface area contributed by atoms with Crippen molar-refractivity contribution < 1.29 is 23.8 Å². The van der Waals surface area contributed by atoms with Crippen LogP contribution in [0.1, 0.15) is 17.2 Å². The minimum absolute atomic E-state index is 0.186. The standard InChI is InChI=1S/C27H29ClN2O5/c1-33-17-16-29-27(32)26(21-8-4-3-5-9-21)30(18-20-12-14-22(34-2)15-13-20)25(31)19-35-24-11-7-6-10-23(24)28/h3-15,26H,16-19H2,1-2H3,(H,29,32)/t26-/m1/s1. The van der Waals surface area contributed by atoms with Gasteiger partial charge in [-0.3, -0.25) is 9.59 Å². The second-order valence-corrected chi connectivity index (χ2v) is 8.09. The number of hydrogen-bond acceptors (Lipinski definition) is 5. The molecule has 0 fully saturated rings. The van der Waals surface area contributed by atoms with Crippen LogP contribution < -0.4 is 14.8 Å². The Bertz CT molecular complexity index is 1090. The summed E-state index contributed by atoms with van der Waals surface area (Å²) in [4.78, 5) is 28.4. The first-order valence-corrected chi connectivity index (χ1v) is 11.5. The maximum absolute atomic E-state index is 13.5. The van der Waals surface area contributed by atoms with Gasteiger partial charge in [0.05, 0.1) is 18.7 Å². The molecule has 0 spiro atoms. The molecule has 0 saturated heterocycles. The van der Waals surface area contributed by atoms with Crippen molar-refractivity contribution in [2.75, 3.05) is 34.0 Å². The highest BCUT2D eigenvalue weighted by atomic mass is 35.5. The largest absolute Gasteiger partial charge is 0.497 e. The molecule has 7 nitrogen and oxygen atoms in total. The van der Waals surface area contributed by atoms with Gasteiger partial charge in [0.2, 0.25) is 5.91 Å². The number of hydrogen-bond donors (Lipinski definition) is 1. The summed E-state index contributed by atoms with van der Waals surface area (Å²) in [6, 6.07) is 22.6. The molecule has 8 heteroatoms. The maximum Gasteiger partial charge on any atom is 0.261 e. The number of carbonyl (C=O) groups excluding carboxylic acids is 2. The predicted molar refractivity (Wildman–Crippen MR) is 135 cm³/mol. The smallest absolute Gasteiger partial charge is 0.261 e. The molecular formula is C27H29ClN2O5. The summed E-state index contributed by atoms with van der Waals surface area (Å²) in [7, 11) is 3.15. The van der Waals surface area contributed by atoms with Crippen molar-refractivity contribution in [1.82, 2.24) is 10.2 Å². The number of benzene rings is 3. The third kappa shape index (κ3) is 7.47. The molecular weight excluding hydrogens is 468 g/mol. The van der Waals surface area contributed by atoms with Gasteiger partial charge in [-0.1, -0.05) is 66.2 Å². The Kier molecular flexibility index (Phi) is 9.95. The van der Waals surface area contributed by atoms with Gasteiger partial charge < -0.3 is 24.4 Å². The third-order valence-electron chi connectivity index (χ3n) is 5.30. The lowest BCUT2D eigenvalue weighted by Crippen LogP contribution is -2.45. The highest BCUT2D eigenvalue weighted by molar-refractivity contribution is 6.32. The maximum atomic E-state index is 13.5. The van der Waals surface area contributed by atoms with Crippen LogP contribution in [0.25, 0.3) is 0 Å². The number of methoxy groups -OCH3 is 2. The Hall–Kier alpha value is -3.55. The summed E-state index contributed by atoms with van der Waals surface area (Å²) >= 11 is 6.19. The number of para-hydroxylation sites is 1. The van der Waals surface area contributed by atoms with Gasteiger partial charge in [-0.05, 0) is 35.4 Å². The molecule has 184 valence electrons. The van der Waals surface area contributed by atoms with Crippen molar-refractivity contribution in [2.45, 2.75) is 12.6 Å². The minimum Gasteiger partial charge on any atom is -0.497 e. The zero-order valence-electron chi connectivity index (χ0n) is 19.8. The van der Waals surface area contributed by atoms with Crippen LogP contribution in [0.2, 0.25) is 5.02 Å². The SMILES string of the molecule is COCCNC(=O)[C@@H](c1ccccc1)N(Cc1ccc(OC)cc1)C(=O)COc1ccccc1Cl. The van der Waals surface area contributed by atoms with E-state index in [-0.39, 0.29) is 25.0 Å². The molecule has 0 aliphatic rings. The van der Waals surface area contributed by atoms with Gasteiger partial charge in [0, 0.05) is 20.2 Å². The minimum atomic E-state index is -0.877. The average Bonchev–Trinajstić information content (AvgIpc) is 2.89. The molecule has 3 aromatic carbocycles. The number of nitrogens with zero attached hydrogens (tertiary/aromatic N) is 1. The molecule has 0 bridgehead atoms. The molecule has 3 rings (SSSR count). The number of amides is 2. The van der Waals surface area contributed by atoms with E-state index < -0.39 is 6.04 Å². The van der Waals surface area contributed by atoms with E-state index >= 15 is 0 Å². The van der Waals surface area contributed by atoms with Crippen LogP contribution in [0, 0.1) is 0 Å². The normalized spacial score (nSPS) is 11.4. The molecule has 0 aromatic heterocycles. The first-order chi connectivity index (χ1) is 17.0. The Morgan fingerprint density at radius 2 is 1.63 bits per heavy atom. The van der Waals surface area contributed by atoms with Crippen molar-refractivity contribution in [3.05, 3.63) is 95.0 Å². The highest BCUT2D eigenvalue weighted by Gasteiger charge is 2.31. The summed E-state index contributed by atoms with van der Waals surface area (Å²) in [6.07, 6.45) is 0. The molecule has 0 aliphatic carbocycles. The lowest BCUT2D eigenvalue weighted by atomic mass is 10.0. The fourth-order valence-corrected chi connectivity index (χ4v) is 3.71. The molecule has 0 unspecified atom stereocenters. The van der Waals surface area contributed by atoms with Gasteiger partial charge in [-0.25, -0.2) is 0 Å². The fourth-order valence-electron chi connectivity index (χ4n) is 3.52. The van der Waals surface area contributed by atoms with Crippen LogP contribution in [0.15, 0.2) is 78.9 Å². The summed E-state index contributed by atoms with van der Waals surface area (Å²) in [5, 5.41) is 3.27. The molecule has 2 amide bonds. The van der Waals surface area contributed by atoms with Gasteiger partial charge in [-0.15, -0.1) is 0 Å². The van der Waals surface area contributed by atoms with E-state index in [0.29, 0.717) is 35.2 Å². The van der Waals surface area contributed by atoms with Crippen LogP contribution in [-0.2, 0) is 20.9 Å².